The third kappa shape index (κ3) is 1.77. The molecule has 6 heteroatoms. The second kappa shape index (κ2) is 4.17. The summed E-state index contributed by atoms with van der Waals surface area (Å²) < 4.78 is 5.20. The Labute approximate surface area is 118 Å². The molecule has 0 saturated heterocycles. The molecule has 1 aromatic heterocycles. The molecule has 0 unspecified atom stereocenters. The molecule has 2 aromatic carbocycles. The van der Waals surface area contributed by atoms with E-state index in [-0.39, 0.29) is 5.88 Å². The van der Waals surface area contributed by atoms with Crippen LogP contribution in [0.3, 0.4) is 0 Å². The Morgan fingerprint density at radius 3 is 2.67 bits per heavy atom. The van der Waals surface area contributed by atoms with Crippen molar-refractivity contribution in [1.29, 1.82) is 0 Å². The first kappa shape index (κ1) is 11.7. The standard InChI is InChI=1S/C15H9N3O3/c19-18(20)13-8-7-12(21-13)15-16-10-5-1-3-9-4-2-6-11(17-15)14(9)10/h1-8H,(H,16,17). The summed E-state index contributed by atoms with van der Waals surface area (Å²) in [6.45, 7) is 0. The fourth-order valence-corrected chi connectivity index (χ4v) is 2.46. The van der Waals surface area contributed by atoms with E-state index >= 15 is 0 Å². The van der Waals surface area contributed by atoms with Crippen LogP contribution in [0.2, 0.25) is 0 Å². The summed E-state index contributed by atoms with van der Waals surface area (Å²) in [7, 11) is 0. The maximum atomic E-state index is 10.7. The number of nitrogens with zero attached hydrogens (tertiary/aromatic N) is 2. The molecule has 1 aliphatic rings. The maximum Gasteiger partial charge on any atom is 0.433 e. The Kier molecular flexibility index (Phi) is 2.32. The number of benzene rings is 2. The average Bonchev–Trinajstić information content (AvgIpc) is 2.98. The van der Waals surface area contributed by atoms with Gasteiger partial charge in [-0.15, -0.1) is 0 Å². The van der Waals surface area contributed by atoms with Crippen molar-refractivity contribution in [1.82, 2.24) is 0 Å². The van der Waals surface area contributed by atoms with Gasteiger partial charge in [0.15, 0.2) is 11.6 Å². The lowest BCUT2D eigenvalue weighted by Crippen LogP contribution is -2.15. The Hall–Kier alpha value is -3.15. The molecule has 0 aliphatic carbocycles. The Morgan fingerprint density at radius 2 is 1.90 bits per heavy atom. The minimum absolute atomic E-state index is 0.299. The number of hydrogen-bond donors (Lipinski definition) is 1. The molecule has 0 bridgehead atoms. The molecule has 0 spiro atoms. The Morgan fingerprint density at radius 1 is 1.10 bits per heavy atom. The van der Waals surface area contributed by atoms with Gasteiger partial charge in [0.25, 0.3) is 0 Å². The second-order valence-corrected chi connectivity index (χ2v) is 4.66. The van der Waals surface area contributed by atoms with Crippen molar-refractivity contribution < 1.29 is 9.34 Å². The van der Waals surface area contributed by atoms with Gasteiger partial charge in [0.2, 0.25) is 0 Å². The number of aliphatic imine (C=N–C) groups is 1. The van der Waals surface area contributed by atoms with Gasteiger partial charge in [0.05, 0.1) is 11.8 Å². The number of furan rings is 1. The Bertz CT molecular complexity index is 906. The Balaban J connectivity index is 1.87. The van der Waals surface area contributed by atoms with Crippen molar-refractivity contribution in [3.05, 3.63) is 64.4 Å². The molecular formula is C15H9N3O3. The number of nitro groups is 1. The first-order valence-corrected chi connectivity index (χ1v) is 6.34. The molecule has 1 aliphatic heterocycles. The highest BCUT2D eigenvalue weighted by Gasteiger charge is 2.20. The number of hydrogen-bond acceptors (Lipinski definition) is 5. The van der Waals surface area contributed by atoms with Crippen LogP contribution < -0.4 is 5.32 Å². The van der Waals surface area contributed by atoms with Gasteiger partial charge in [-0.1, -0.05) is 24.3 Å². The third-order valence-electron chi connectivity index (χ3n) is 3.37. The smallest absolute Gasteiger partial charge is 0.397 e. The first-order chi connectivity index (χ1) is 10.2. The van der Waals surface area contributed by atoms with Crippen LogP contribution in [-0.4, -0.2) is 10.8 Å². The van der Waals surface area contributed by atoms with Crippen LogP contribution >= 0.6 is 0 Å². The zero-order chi connectivity index (χ0) is 14.4. The van der Waals surface area contributed by atoms with E-state index < -0.39 is 4.92 Å². The SMILES string of the molecule is O=[N+]([O-])c1ccc(C2=Nc3cccc4cccc(c34)N2)o1. The summed E-state index contributed by atoms with van der Waals surface area (Å²) in [6.07, 6.45) is 0. The molecule has 102 valence electrons. The number of nitrogens with one attached hydrogen (secondary N) is 1. The zero-order valence-corrected chi connectivity index (χ0v) is 10.7. The van der Waals surface area contributed by atoms with Crippen LogP contribution in [0, 0.1) is 10.1 Å². The van der Waals surface area contributed by atoms with Gasteiger partial charge in [-0.25, -0.2) is 4.99 Å². The highest BCUT2D eigenvalue weighted by molar-refractivity contribution is 6.18. The number of rotatable bonds is 2. The van der Waals surface area contributed by atoms with E-state index in [4.69, 9.17) is 4.42 Å². The van der Waals surface area contributed by atoms with Crippen molar-refractivity contribution in [3.8, 4) is 0 Å². The zero-order valence-electron chi connectivity index (χ0n) is 10.7. The van der Waals surface area contributed by atoms with E-state index in [1.165, 1.54) is 12.1 Å². The van der Waals surface area contributed by atoms with Crippen LogP contribution in [-0.2, 0) is 0 Å². The van der Waals surface area contributed by atoms with Gasteiger partial charge in [0, 0.05) is 11.1 Å². The van der Waals surface area contributed by atoms with Crippen molar-refractivity contribution in [2.75, 3.05) is 5.32 Å². The third-order valence-corrected chi connectivity index (χ3v) is 3.37. The molecule has 2 heterocycles. The van der Waals surface area contributed by atoms with Gasteiger partial charge in [0.1, 0.15) is 4.92 Å². The molecule has 3 aromatic rings. The fourth-order valence-electron chi connectivity index (χ4n) is 2.46. The van der Waals surface area contributed by atoms with Gasteiger partial charge in [-0.05, 0) is 23.6 Å². The van der Waals surface area contributed by atoms with Crippen molar-refractivity contribution >= 4 is 33.9 Å². The van der Waals surface area contributed by atoms with Crippen molar-refractivity contribution in [2.24, 2.45) is 4.99 Å². The minimum Gasteiger partial charge on any atom is -0.397 e. The second-order valence-electron chi connectivity index (χ2n) is 4.66. The normalized spacial score (nSPS) is 12.9. The number of amidine groups is 1. The average molecular weight is 279 g/mol. The highest BCUT2D eigenvalue weighted by atomic mass is 16.6. The van der Waals surface area contributed by atoms with Gasteiger partial charge >= 0.3 is 5.88 Å². The van der Waals surface area contributed by atoms with Gasteiger partial charge < -0.3 is 9.73 Å². The van der Waals surface area contributed by atoms with Gasteiger partial charge in [-0.3, -0.25) is 10.1 Å². The monoisotopic (exact) mass is 279 g/mol. The van der Waals surface area contributed by atoms with Crippen LogP contribution in [0.25, 0.3) is 10.8 Å². The lowest BCUT2D eigenvalue weighted by Gasteiger charge is -2.17. The molecule has 0 atom stereocenters. The van der Waals surface area contributed by atoms with E-state index in [9.17, 15) is 10.1 Å². The predicted molar refractivity (Wildman–Crippen MR) is 79.1 cm³/mol. The lowest BCUT2D eigenvalue weighted by atomic mass is 10.1. The molecular weight excluding hydrogens is 270 g/mol. The topological polar surface area (TPSA) is 80.7 Å². The minimum atomic E-state index is -0.568. The van der Waals surface area contributed by atoms with E-state index in [1.54, 1.807) is 0 Å². The molecule has 0 amide bonds. The van der Waals surface area contributed by atoms with Crippen molar-refractivity contribution in [3.63, 3.8) is 0 Å². The molecule has 0 fully saturated rings. The van der Waals surface area contributed by atoms with Crippen LogP contribution in [0.1, 0.15) is 5.76 Å². The summed E-state index contributed by atoms with van der Waals surface area (Å²) in [6, 6.07) is 14.6. The van der Waals surface area contributed by atoms with Crippen LogP contribution in [0.4, 0.5) is 17.3 Å². The molecule has 4 rings (SSSR count). The summed E-state index contributed by atoms with van der Waals surface area (Å²) in [5.74, 6) is 0.508. The maximum absolute atomic E-state index is 10.7. The van der Waals surface area contributed by atoms with E-state index in [0.717, 1.165) is 22.1 Å². The van der Waals surface area contributed by atoms with Crippen molar-refractivity contribution in [2.45, 2.75) is 0 Å². The van der Waals surface area contributed by atoms with Crippen LogP contribution in [0.5, 0.6) is 0 Å². The lowest BCUT2D eigenvalue weighted by molar-refractivity contribution is -0.402. The molecule has 0 saturated carbocycles. The first-order valence-electron chi connectivity index (χ1n) is 6.34. The predicted octanol–water partition coefficient (Wildman–Crippen LogP) is 3.84. The van der Waals surface area contributed by atoms with E-state index in [2.05, 4.69) is 10.3 Å². The summed E-state index contributed by atoms with van der Waals surface area (Å²) in [5.41, 5.74) is 1.73. The highest BCUT2D eigenvalue weighted by Crippen LogP contribution is 2.36. The van der Waals surface area contributed by atoms with Crippen LogP contribution in [0.15, 0.2) is 57.9 Å². The largest absolute Gasteiger partial charge is 0.433 e. The van der Waals surface area contributed by atoms with E-state index in [1.807, 2.05) is 36.4 Å². The summed E-state index contributed by atoms with van der Waals surface area (Å²) in [5, 5.41) is 16.0. The molecule has 1 N–H and O–H groups in total. The summed E-state index contributed by atoms with van der Waals surface area (Å²) >= 11 is 0. The number of anilines is 1. The molecule has 0 radical (unpaired) electrons. The van der Waals surface area contributed by atoms with E-state index in [0.29, 0.717) is 11.6 Å². The quantitative estimate of drug-likeness (QED) is 0.570. The van der Waals surface area contributed by atoms with Gasteiger partial charge in [-0.2, -0.15) is 0 Å². The summed E-state index contributed by atoms with van der Waals surface area (Å²) in [4.78, 5) is 14.6. The molecule has 21 heavy (non-hydrogen) atoms. The molecule has 6 nitrogen and oxygen atoms in total. The fraction of sp³-hybridized carbons (Fsp3) is 0.